The molecule has 11 nitrogen and oxygen atoms in total. The Balaban J connectivity index is 0.00000645. The maximum atomic E-state index is 14.0. The highest BCUT2D eigenvalue weighted by Gasteiger charge is 2.35. The third-order valence-corrected chi connectivity index (χ3v) is 8.13. The number of halogens is 2. The molecule has 0 saturated heterocycles. The molecule has 3 amide bonds. The number of nitrogens with zero attached hydrogens (tertiary/aromatic N) is 1. The minimum absolute atomic E-state index is 0. The number of nitrogens with one attached hydrogen (secondary N) is 3. The lowest BCUT2D eigenvalue weighted by Crippen LogP contribution is -2.56. The van der Waals surface area contributed by atoms with Crippen molar-refractivity contribution in [1.29, 1.82) is 5.41 Å². The second kappa shape index (κ2) is 17.5. The summed E-state index contributed by atoms with van der Waals surface area (Å²) < 4.78 is 0.882. The molecule has 1 saturated carbocycles. The molecule has 3 rings (SSSR count). The van der Waals surface area contributed by atoms with Gasteiger partial charge in [-0.3, -0.25) is 24.8 Å². The van der Waals surface area contributed by atoms with Crippen LogP contribution in [0.4, 0.5) is 0 Å². The van der Waals surface area contributed by atoms with Crippen molar-refractivity contribution in [2.75, 3.05) is 6.54 Å². The smallest absolute Gasteiger partial charge is 0.243 e. The van der Waals surface area contributed by atoms with Crippen LogP contribution in [-0.4, -0.2) is 48.1 Å². The van der Waals surface area contributed by atoms with Gasteiger partial charge in [0.05, 0.1) is 5.92 Å². The zero-order valence-electron chi connectivity index (χ0n) is 24.1. The van der Waals surface area contributed by atoms with Crippen LogP contribution >= 0.6 is 28.3 Å². The van der Waals surface area contributed by atoms with Crippen molar-refractivity contribution in [1.82, 2.24) is 10.6 Å². The molecule has 234 valence electrons. The molecule has 1 fully saturated rings. The van der Waals surface area contributed by atoms with Crippen LogP contribution in [-0.2, 0) is 20.8 Å². The molecule has 0 radical (unpaired) electrons. The number of aliphatic imine (C=N–C) groups is 1. The van der Waals surface area contributed by atoms with Gasteiger partial charge in [-0.1, -0.05) is 71.6 Å². The van der Waals surface area contributed by atoms with Crippen LogP contribution in [0, 0.1) is 11.3 Å². The predicted octanol–water partition coefficient (Wildman–Crippen LogP) is 2.57. The molecule has 13 heteroatoms. The molecule has 11 N–H and O–H groups in total. The number of hydrogen-bond donors (Lipinski definition) is 7. The van der Waals surface area contributed by atoms with Crippen LogP contribution in [0.1, 0.15) is 67.6 Å². The summed E-state index contributed by atoms with van der Waals surface area (Å²) in [5.41, 5.74) is 24.2. The quantitative estimate of drug-likeness (QED) is 0.0905. The fourth-order valence-corrected chi connectivity index (χ4v) is 5.55. The zero-order valence-corrected chi connectivity index (χ0v) is 26.5. The molecule has 3 atom stereocenters. The standard InChI is InChI=1S/C30H41BrN8O3.ClH/c31-22-14-12-19(13-15-22)23(17-18-8-10-21(11-9-18)26(32)33)28(41)39-25(20-5-2-1-3-6-20)29(42)38-24(27(34)40)7-4-16-37-30(35)36;/h8-15,20,23-25H,1-7,16-17H2,(H3,32,33)(H2,34,40)(H,38,42)(H,39,41)(H4,35,36,37);1H/t23?,24-,25-;/m0./s1. The van der Waals surface area contributed by atoms with Gasteiger partial charge in [0, 0.05) is 16.6 Å². The first-order valence-corrected chi connectivity index (χ1v) is 15.0. The van der Waals surface area contributed by atoms with Gasteiger partial charge < -0.3 is 33.6 Å². The number of hydrogen-bond acceptors (Lipinski definition) is 5. The highest BCUT2D eigenvalue weighted by atomic mass is 79.9. The average Bonchev–Trinajstić information content (AvgIpc) is 2.97. The van der Waals surface area contributed by atoms with E-state index in [1.807, 2.05) is 36.4 Å². The fraction of sp³-hybridized carbons (Fsp3) is 0.433. The van der Waals surface area contributed by atoms with E-state index in [0.29, 0.717) is 24.9 Å². The van der Waals surface area contributed by atoms with Crippen LogP contribution in [0.25, 0.3) is 0 Å². The maximum Gasteiger partial charge on any atom is 0.243 e. The molecule has 1 aliphatic rings. The average molecular weight is 678 g/mol. The first-order chi connectivity index (χ1) is 20.0. The Labute approximate surface area is 267 Å². The second-order valence-corrected chi connectivity index (χ2v) is 11.6. The summed E-state index contributed by atoms with van der Waals surface area (Å²) in [5.74, 6) is -2.13. The molecule has 2 aromatic carbocycles. The van der Waals surface area contributed by atoms with Gasteiger partial charge in [0.1, 0.15) is 17.9 Å². The normalized spacial score (nSPS) is 15.2. The summed E-state index contributed by atoms with van der Waals surface area (Å²) in [4.78, 5) is 43.7. The Kier molecular flexibility index (Phi) is 14.4. The Morgan fingerprint density at radius 3 is 2.09 bits per heavy atom. The van der Waals surface area contributed by atoms with Crippen LogP contribution in [0.2, 0.25) is 0 Å². The molecule has 1 aliphatic carbocycles. The minimum Gasteiger partial charge on any atom is -0.384 e. The lowest BCUT2D eigenvalue weighted by atomic mass is 9.82. The topological polar surface area (TPSA) is 216 Å². The van der Waals surface area contributed by atoms with E-state index in [4.69, 9.17) is 28.3 Å². The third-order valence-electron chi connectivity index (χ3n) is 7.60. The van der Waals surface area contributed by atoms with Gasteiger partial charge in [0.2, 0.25) is 17.7 Å². The summed E-state index contributed by atoms with van der Waals surface area (Å²) in [7, 11) is 0. The lowest BCUT2D eigenvalue weighted by molar-refractivity contribution is -0.133. The van der Waals surface area contributed by atoms with Gasteiger partial charge in [-0.15, -0.1) is 12.4 Å². The molecule has 0 heterocycles. The molecule has 43 heavy (non-hydrogen) atoms. The first kappa shape index (κ1) is 35.6. The number of amides is 3. The highest BCUT2D eigenvalue weighted by molar-refractivity contribution is 9.10. The van der Waals surface area contributed by atoms with Gasteiger partial charge in [0.15, 0.2) is 5.96 Å². The van der Waals surface area contributed by atoms with E-state index in [2.05, 4.69) is 31.6 Å². The highest BCUT2D eigenvalue weighted by Crippen LogP contribution is 2.29. The summed E-state index contributed by atoms with van der Waals surface area (Å²) in [6.45, 7) is 0.299. The molecule has 0 bridgehead atoms. The molecular weight excluding hydrogens is 636 g/mol. The van der Waals surface area contributed by atoms with Crippen LogP contribution in [0.5, 0.6) is 0 Å². The second-order valence-electron chi connectivity index (χ2n) is 10.7. The van der Waals surface area contributed by atoms with Gasteiger partial charge in [-0.25, -0.2) is 0 Å². The largest absolute Gasteiger partial charge is 0.384 e. The molecule has 0 spiro atoms. The van der Waals surface area contributed by atoms with E-state index in [0.717, 1.165) is 47.7 Å². The van der Waals surface area contributed by atoms with Crippen LogP contribution in [0.3, 0.4) is 0 Å². The molecule has 1 unspecified atom stereocenters. The Morgan fingerprint density at radius 2 is 1.53 bits per heavy atom. The number of guanidine groups is 1. The van der Waals surface area contributed by atoms with Crippen molar-refractivity contribution in [3.63, 3.8) is 0 Å². The number of benzene rings is 2. The SMILES string of the molecule is Cl.N=C(N)c1ccc(CC(C(=O)N[C@H](C(=O)N[C@@H](CCCN=C(N)N)C(N)=O)C2CCCCC2)c2ccc(Br)cc2)cc1. The molecule has 0 aliphatic heterocycles. The lowest BCUT2D eigenvalue weighted by Gasteiger charge is -2.32. The Morgan fingerprint density at radius 1 is 0.907 bits per heavy atom. The number of carbonyl (C=O) groups excluding carboxylic acids is 3. The predicted molar refractivity (Wildman–Crippen MR) is 175 cm³/mol. The van der Waals surface area contributed by atoms with Crippen molar-refractivity contribution in [2.24, 2.45) is 33.8 Å². The number of amidine groups is 1. The summed E-state index contributed by atoms with van der Waals surface area (Å²) in [5, 5.41) is 13.5. The fourth-order valence-electron chi connectivity index (χ4n) is 5.28. The van der Waals surface area contributed by atoms with Crippen molar-refractivity contribution < 1.29 is 14.4 Å². The van der Waals surface area contributed by atoms with E-state index >= 15 is 0 Å². The number of primary amides is 1. The number of carbonyl (C=O) groups is 3. The van der Waals surface area contributed by atoms with Crippen molar-refractivity contribution in [3.8, 4) is 0 Å². The van der Waals surface area contributed by atoms with Gasteiger partial charge in [0.25, 0.3) is 0 Å². The van der Waals surface area contributed by atoms with Crippen LogP contribution < -0.4 is 33.6 Å². The van der Waals surface area contributed by atoms with E-state index in [1.54, 1.807) is 12.1 Å². The summed E-state index contributed by atoms with van der Waals surface area (Å²) >= 11 is 3.45. The van der Waals surface area contributed by atoms with E-state index in [1.165, 1.54) is 0 Å². The molecule has 2 aromatic rings. The summed E-state index contributed by atoms with van der Waals surface area (Å²) in [6, 6.07) is 13.0. The number of nitrogen functional groups attached to an aromatic ring is 1. The molecular formula is C30H42BrClN8O3. The monoisotopic (exact) mass is 676 g/mol. The van der Waals surface area contributed by atoms with Crippen molar-refractivity contribution in [2.45, 2.75) is 69.4 Å². The number of rotatable bonds is 14. The summed E-state index contributed by atoms with van der Waals surface area (Å²) in [6.07, 6.45) is 5.66. The van der Waals surface area contributed by atoms with Gasteiger partial charge in [-0.2, -0.15) is 0 Å². The van der Waals surface area contributed by atoms with Crippen molar-refractivity contribution >= 4 is 57.9 Å². The van der Waals surface area contributed by atoms with Gasteiger partial charge in [-0.05, 0) is 61.3 Å². The first-order valence-electron chi connectivity index (χ1n) is 14.2. The van der Waals surface area contributed by atoms with E-state index < -0.39 is 29.8 Å². The third kappa shape index (κ3) is 11.2. The van der Waals surface area contributed by atoms with Gasteiger partial charge >= 0.3 is 0 Å². The van der Waals surface area contributed by atoms with Crippen LogP contribution in [0.15, 0.2) is 58.0 Å². The Bertz CT molecular complexity index is 1260. The van der Waals surface area contributed by atoms with E-state index in [-0.39, 0.29) is 42.4 Å². The van der Waals surface area contributed by atoms with E-state index in [9.17, 15) is 14.4 Å². The number of nitrogens with two attached hydrogens (primary N) is 4. The van der Waals surface area contributed by atoms with Crippen molar-refractivity contribution in [3.05, 3.63) is 69.7 Å². The zero-order chi connectivity index (χ0) is 30.6. The molecule has 0 aromatic heterocycles. The maximum absolute atomic E-state index is 14.0. The Hall–Kier alpha value is -3.64. The minimum atomic E-state index is -0.920.